The van der Waals surface area contributed by atoms with Gasteiger partial charge in [0.1, 0.15) is 6.42 Å². The number of aliphatic carboxylic acids is 1. The average Bonchev–Trinajstić information content (AvgIpc) is 2.08. The summed E-state index contributed by atoms with van der Waals surface area (Å²) in [5, 5.41) is 8.44. The van der Waals surface area contributed by atoms with Gasteiger partial charge < -0.3 is 5.11 Å². The quantitative estimate of drug-likeness (QED) is 0.668. The predicted octanol–water partition coefficient (Wildman–Crippen LogP) is 2.41. The molecule has 1 aromatic carbocycles. The Bertz CT molecular complexity index is 385. The molecule has 1 aromatic rings. The minimum atomic E-state index is -1.10. The summed E-state index contributed by atoms with van der Waals surface area (Å²) in [6.45, 7) is 1.90. The number of carbonyl (C=O) groups is 2. The monoisotopic (exact) mass is 256 g/mol. The maximum absolute atomic E-state index is 11.3. The zero-order valence-corrected chi connectivity index (χ0v) is 9.17. The number of aryl methyl sites for hydroxylation is 1. The van der Waals surface area contributed by atoms with E-state index in [0.29, 0.717) is 5.56 Å². The summed E-state index contributed by atoms with van der Waals surface area (Å²) in [5.74, 6) is -1.48. The van der Waals surface area contributed by atoms with Crippen molar-refractivity contribution in [3.8, 4) is 0 Å². The summed E-state index contributed by atoms with van der Waals surface area (Å²) in [6.07, 6.45) is -0.463. The molecule has 0 unspecified atom stereocenters. The zero-order chi connectivity index (χ0) is 10.7. The van der Waals surface area contributed by atoms with Crippen molar-refractivity contribution in [2.75, 3.05) is 0 Å². The maximum Gasteiger partial charge on any atom is 0.311 e. The number of benzene rings is 1. The molecule has 1 N–H and O–H groups in total. The largest absolute Gasteiger partial charge is 0.481 e. The van der Waals surface area contributed by atoms with Gasteiger partial charge in [-0.15, -0.1) is 0 Å². The van der Waals surface area contributed by atoms with Crippen LogP contribution < -0.4 is 0 Å². The first-order valence-corrected chi connectivity index (χ1v) is 4.81. The van der Waals surface area contributed by atoms with Crippen molar-refractivity contribution in [1.29, 1.82) is 0 Å². The average molecular weight is 257 g/mol. The number of hydrogen-bond donors (Lipinski definition) is 1. The van der Waals surface area contributed by atoms with Crippen LogP contribution in [0.4, 0.5) is 0 Å². The summed E-state index contributed by atoms with van der Waals surface area (Å²) in [5.41, 5.74) is 1.43. The third-order valence-electron chi connectivity index (χ3n) is 1.81. The number of carboxylic acids is 1. The van der Waals surface area contributed by atoms with Crippen molar-refractivity contribution in [3.63, 3.8) is 0 Å². The van der Waals surface area contributed by atoms with Crippen LogP contribution in [-0.4, -0.2) is 16.9 Å². The van der Waals surface area contributed by atoms with Crippen molar-refractivity contribution in [3.05, 3.63) is 33.8 Å². The molecule has 0 atom stereocenters. The molecule has 0 spiro atoms. The van der Waals surface area contributed by atoms with Crippen LogP contribution in [0, 0.1) is 6.92 Å². The summed E-state index contributed by atoms with van der Waals surface area (Å²) in [7, 11) is 0. The molecule has 3 nitrogen and oxygen atoms in total. The van der Waals surface area contributed by atoms with Crippen molar-refractivity contribution in [2.24, 2.45) is 0 Å². The maximum atomic E-state index is 11.3. The number of rotatable bonds is 3. The minimum Gasteiger partial charge on any atom is -0.481 e. The molecule has 4 heteroatoms. The molecule has 0 amide bonds. The van der Waals surface area contributed by atoms with Gasteiger partial charge in [-0.3, -0.25) is 9.59 Å². The van der Waals surface area contributed by atoms with E-state index in [4.69, 9.17) is 5.11 Å². The molecule has 74 valence electrons. The molecule has 0 fully saturated rings. The lowest BCUT2D eigenvalue weighted by atomic mass is 10.1. The summed E-state index contributed by atoms with van der Waals surface area (Å²) < 4.78 is 0.814. The molecule has 0 radical (unpaired) electrons. The molecule has 0 saturated carbocycles. The number of ketones is 1. The number of carboxylic acid groups (broad SMARTS) is 1. The van der Waals surface area contributed by atoms with Crippen molar-refractivity contribution in [1.82, 2.24) is 0 Å². The van der Waals surface area contributed by atoms with Crippen LogP contribution in [-0.2, 0) is 4.79 Å². The predicted molar refractivity (Wildman–Crippen MR) is 55.5 cm³/mol. The van der Waals surface area contributed by atoms with Gasteiger partial charge in [-0.25, -0.2) is 0 Å². The van der Waals surface area contributed by atoms with Gasteiger partial charge in [0.25, 0.3) is 0 Å². The molecule has 0 aliphatic rings. The molecule has 0 aliphatic carbocycles. The highest BCUT2D eigenvalue weighted by atomic mass is 79.9. The number of carbonyl (C=O) groups excluding carboxylic acids is 1. The van der Waals surface area contributed by atoms with Gasteiger partial charge in [-0.05, 0) is 18.6 Å². The number of hydrogen-bond acceptors (Lipinski definition) is 2. The van der Waals surface area contributed by atoms with Crippen LogP contribution in [0.1, 0.15) is 22.3 Å². The van der Waals surface area contributed by atoms with E-state index >= 15 is 0 Å². The van der Waals surface area contributed by atoms with Crippen LogP contribution in [0.2, 0.25) is 0 Å². The molecule has 0 aliphatic heterocycles. The second kappa shape index (κ2) is 4.37. The first-order chi connectivity index (χ1) is 6.50. The van der Waals surface area contributed by atoms with E-state index in [9.17, 15) is 9.59 Å². The molecule has 14 heavy (non-hydrogen) atoms. The van der Waals surface area contributed by atoms with E-state index in [-0.39, 0.29) is 5.78 Å². The van der Waals surface area contributed by atoms with Crippen molar-refractivity contribution < 1.29 is 14.7 Å². The molecular weight excluding hydrogens is 248 g/mol. The van der Waals surface area contributed by atoms with Crippen LogP contribution in [0.15, 0.2) is 22.7 Å². The minimum absolute atomic E-state index is 0.377. The van der Waals surface area contributed by atoms with E-state index in [1.54, 1.807) is 18.2 Å². The van der Waals surface area contributed by atoms with Gasteiger partial charge in [0.15, 0.2) is 5.78 Å². The first-order valence-electron chi connectivity index (χ1n) is 4.02. The lowest BCUT2D eigenvalue weighted by Crippen LogP contribution is -2.06. The molecule has 1 rings (SSSR count). The van der Waals surface area contributed by atoms with E-state index in [1.165, 1.54) is 0 Å². The van der Waals surface area contributed by atoms with Gasteiger partial charge in [-0.2, -0.15) is 0 Å². The highest BCUT2D eigenvalue weighted by molar-refractivity contribution is 9.10. The van der Waals surface area contributed by atoms with Gasteiger partial charge in [0, 0.05) is 10.0 Å². The Morgan fingerprint density at radius 1 is 1.43 bits per heavy atom. The fourth-order valence-corrected chi connectivity index (χ4v) is 1.38. The van der Waals surface area contributed by atoms with Gasteiger partial charge >= 0.3 is 5.97 Å². The summed E-state index contributed by atoms with van der Waals surface area (Å²) >= 11 is 3.28. The van der Waals surface area contributed by atoms with Crippen LogP contribution >= 0.6 is 15.9 Å². The summed E-state index contributed by atoms with van der Waals surface area (Å²) in [6, 6.07) is 5.05. The Morgan fingerprint density at radius 2 is 2.07 bits per heavy atom. The smallest absolute Gasteiger partial charge is 0.311 e. The van der Waals surface area contributed by atoms with E-state index in [0.717, 1.165) is 10.0 Å². The van der Waals surface area contributed by atoms with Crippen molar-refractivity contribution in [2.45, 2.75) is 13.3 Å². The standard InChI is InChI=1S/C10H9BrO3/c1-6-2-3-7(4-8(6)11)9(12)5-10(13)14/h2-4H,5H2,1H3,(H,13,14). The lowest BCUT2D eigenvalue weighted by molar-refractivity contribution is -0.135. The van der Waals surface area contributed by atoms with Crippen molar-refractivity contribution >= 4 is 27.7 Å². The Kier molecular flexibility index (Phi) is 3.41. The van der Waals surface area contributed by atoms with Crippen LogP contribution in [0.3, 0.4) is 0 Å². The molecule has 0 heterocycles. The highest BCUT2D eigenvalue weighted by Crippen LogP contribution is 2.18. The third-order valence-corrected chi connectivity index (χ3v) is 2.66. The van der Waals surface area contributed by atoms with E-state index in [2.05, 4.69) is 15.9 Å². The highest BCUT2D eigenvalue weighted by Gasteiger charge is 2.10. The third kappa shape index (κ3) is 2.67. The number of halogens is 1. The van der Waals surface area contributed by atoms with E-state index in [1.807, 2.05) is 6.92 Å². The lowest BCUT2D eigenvalue weighted by Gasteiger charge is -2.01. The van der Waals surface area contributed by atoms with Gasteiger partial charge in [-0.1, -0.05) is 28.1 Å². The van der Waals surface area contributed by atoms with Crippen LogP contribution in [0.25, 0.3) is 0 Å². The Labute approximate surface area is 89.9 Å². The van der Waals surface area contributed by atoms with E-state index < -0.39 is 12.4 Å². The SMILES string of the molecule is Cc1ccc(C(=O)CC(=O)O)cc1Br. The molecule has 0 saturated heterocycles. The zero-order valence-electron chi connectivity index (χ0n) is 7.58. The first kappa shape index (κ1) is 10.9. The normalized spacial score (nSPS) is 9.86. The second-order valence-corrected chi connectivity index (χ2v) is 3.81. The van der Waals surface area contributed by atoms with Crippen LogP contribution in [0.5, 0.6) is 0 Å². The molecule has 0 bridgehead atoms. The van der Waals surface area contributed by atoms with Gasteiger partial charge in [0.05, 0.1) is 0 Å². The van der Waals surface area contributed by atoms with Gasteiger partial charge in [0.2, 0.25) is 0 Å². The Balaban J connectivity index is 2.91. The molecule has 0 aromatic heterocycles. The fourth-order valence-electron chi connectivity index (χ4n) is 1.01. The fraction of sp³-hybridized carbons (Fsp3) is 0.200. The topological polar surface area (TPSA) is 54.4 Å². The number of Topliss-reactive ketones (excluding diaryl/α,β-unsaturated/α-hetero) is 1. The Hall–Kier alpha value is -1.16. The molecular formula is C10H9BrO3. The Morgan fingerprint density at radius 3 is 2.57 bits per heavy atom. The summed E-state index contributed by atoms with van der Waals surface area (Å²) in [4.78, 5) is 21.6. The second-order valence-electron chi connectivity index (χ2n) is 2.96.